The largest absolute Gasteiger partial charge is 0.461 e. The molecule has 1 atom stereocenters. The third-order valence-corrected chi connectivity index (χ3v) is 3.31. The van der Waals surface area contributed by atoms with Gasteiger partial charge in [-0.2, -0.15) is 0 Å². The van der Waals surface area contributed by atoms with Crippen LogP contribution in [0, 0.1) is 6.92 Å². The Balaban J connectivity index is 2.09. The lowest BCUT2D eigenvalue weighted by atomic mass is 10.1. The lowest BCUT2D eigenvalue weighted by Gasteiger charge is -2.23. The maximum absolute atomic E-state index is 11.9. The second-order valence-corrected chi connectivity index (χ2v) is 4.71. The van der Waals surface area contributed by atoms with Crippen LogP contribution in [0.2, 0.25) is 0 Å². The molecule has 0 aliphatic carbocycles. The molecular formula is C14H21NO3. The van der Waals surface area contributed by atoms with Crippen molar-refractivity contribution < 1.29 is 14.3 Å². The molecule has 0 saturated carbocycles. The van der Waals surface area contributed by atoms with Crippen molar-refractivity contribution in [3.63, 3.8) is 0 Å². The maximum Gasteiger partial charge on any atom is 0.355 e. The fourth-order valence-electron chi connectivity index (χ4n) is 2.38. The fraction of sp³-hybridized carbons (Fsp3) is 0.643. The average Bonchev–Trinajstić information content (AvgIpc) is 2.72. The summed E-state index contributed by atoms with van der Waals surface area (Å²) in [6, 6.07) is 1.95. The molecule has 1 aromatic heterocycles. The van der Waals surface area contributed by atoms with Gasteiger partial charge in [-0.3, -0.25) is 0 Å². The molecule has 0 bridgehead atoms. The molecule has 1 saturated heterocycles. The Hall–Kier alpha value is -1.29. The van der Waals surface area contributed by atoms with E-state index < -0.39 is 0 Å². The minimum atomic E-state index is -0.240. The predicted molar refractivity (Wildman–Crippen MR) is 68.7 cm³/mol. The van der Waals surface area contributed by atoms with Crippen molar-refractivity contribution in [1.82, 2.24) is 4.57 Å². The summed E-state index contributed by atoms with van der Waals surface area (Å²) in [7, 11) is 0. The first-order chi connectivity index (χ1) is 8.72. The zero-order chi connectivity index (χ0) is 13.0. The van der Waals surface area contributed by atoms with Crippen molar-refractivity contribution in [2.45, 2.75) is 45.8 Å². The number of esters is 1. The van der Waals surface area contributed by atoms with Crippen LogP contribution in [-0.4, -0.2) is 29.9 Å². The maximum atomic E-state index is 11.9. The Morgan fingerprint density at radius 1 is 1.56 bits per heavy atom. The van der Waals surface area contributed by atoms with Crippen LogP contribution in [0.1, 0.15) is 42.2 Å². The number of hydrogen-bond acceptors (Lipinski definition) is 3. The van der Waals surface area contributed by atoms with Gasteiger partial charge < -0.3 is 14.0 Å². The smallest absolute Gasteiger partial charge is 0.355 e. The predicted octanol–water partition coefficient (Wildman–Crippen LogP) is 2.54. The van der Waals surface area contributed by atoms with Gasteiger partial charge in [0.15, 0.2) is 0 Å². The highest BCUT2D eigenvalue weighted by atomic mass is 16.5. The third-order valence-electron chi connectivity index (χ3n) is 3.31. The number of carbonyl (C=O) groups excluding carboxylic acids is 1. The number of rotatable bonds is 4. The Morgan fingerprint density at radius 2 is 2.39 bits per heavy atom. The first kappa shape index (κ1) is 13.1. The van der Waals surface area contributed by atoms with Gasteiger partial charge in [-0.1, -0.05) is 0 Å². The molecule has 0 radical (unpaired) electrons. The van der Waals surface area contributed by atoms with Gasteiger partial charge in [0, 0.05) is 19.3 Å². The first-order valence-corrected chi connectivity index (χ1v) is 6.66. The van der Waals surface area contributed by atoms with Crippen LogP contribution < -0.4 is 0 Å². The summed E-state index contributed by atoms with van der Waals surface area (Å²) in [6.07, 6.45) is 5.59. The van der Waals surface area contributed by atoms with Gasteiger partial charge >= 0.3 is 5.97 Å². The van der Waals surface area contributed by atoms with Crippen molar-refractivity contribution in [2.24, 2.45) is 0 Å². The van der Waals surface area contributed by atoms with Crippen LogP contribution in [-0.2, 0) is 16.0 Å². The van der Waals surface area contributed by atoms with E-state index in [1.165, 1.54) is 6.42 Å². The van der Waals surface area contributed by atoms with Gasteiger partial charge in [0.1, 0.15) is 5.69 Å². The van der Waals surface area contributed by atoms with Crippen LogP contribution in [0.25, 0.3) is 0 Å². The fourth-order valence-corrected chi connectivity index (χ4v) is 2.38. The molecular weight excluding hydrogens is 230 g/mol. The standard InChI is InChI=1S/C14H21NO3/c1-3-17-14(16)13-11(2)7-8-15(13)10-12-6-4-5-9-18-12/h7-8,12H,3-6,9-10H2,1-2H3. The SMILES string of the molecule is CCOC(=O)c1c(C)ccn1CC1CCCCO1. The van der Waals surface area contributed by atoms with Crippen LogP contribution in [0.15, 0.2) is 12.3 Å². The third kappa shape index (κ3) is 2.93. The molecule has 18 heavy (non-hydrogen) atoms. The molecule has 4 heteroatoms. The molecule has 0 amide bonds. The van der Waals surface area contributed by atoms with Crippen molar-refractivity contribution in [1.29, 1.82) is 0 Å². The van der Waals surface area contributed by atoms with E-state index in [1.807, 2.05) is 30.7 Å². The van der Waals surface area contributed by atoms with Gasteiger partial charge in [-0.25, -0.2) is 4.79 Å². The van der Waals surface area contributed by atoms with Crippen LogP contribution in [0.4, 0.5) is 0 Å². The number of aromatic nitrogens is 1. The Bertz CT molecular complexity index is 405. The van der Waals surface area contributed by atoms with Crippen molar-refractivity contribution in [3.8, 4) is 0 Å². The normalized spacial score (nSPS) is 19.8. The molecule has 1 aliphatic rings. The first-order valence-electron chi connectivity index (χ1n) is 6.66. The molecule has 1 unspecified atom stereocenters. The summed E-state index contributed by atoms with van der Waals surface area (Å²) in [5.74, 6) is -0.240. The van der Waals surface area contributed by atoms with Gasteiger partial charge in [-0.05, 0) is 44.7 Å². The van der Waals surface area contributed by atoms with E-state index in [4.69, 9.17) is 9.47 Å². The molecule has 1 fully saturated rings. The topological polar surface area (TPSA) is 40.5 Å². The Kier molecular flexibility index (Phi) is 4.42. The molecule has 100 valence electrons. The zero-order valence-electron chi connectivity index (χ0n) is 11.1. The number of aryl methyl sites for hydroxylation is 1. The molecule has 2 rings (SSSR count). The molecule has 0 aromatic carbocycles. The van der Waals surface area contributed by atoms with Crippen LogP contribution >= 0.6 is 0 Å². The quantitative estimate of drug-likeness (QED) is 0.772. The number of ether oxygens (including phenoxy) is 2. The van der Waals surface area contributed by atoms with E-state index in [0.29, 0.717) is 12.3 Å². The summed E-state index contributed by atoms with van der Waals surface area (Å²) < 4.78 is 12.8. The van der Waals surface area contributed by atoms with Crippen LogP contribution in [0.5, 0.6) is 0 Å². The Morgan fingerprint density at radius 3 is 3.06 bits per heavy atom. The van der Waals surface area contributed by atoms with E-state index in [9.17, 15) is 4.79 Å². The molecule has 1 aromatic rings. The van der Waals surface area contributed by atoms with Crippen molar-refractivity contribution in [2.75, 3.05) is 13.2 Å². The number of nitrogens with zero attached hydrogens (tertiary/aromatic N) is 1. The minimum Gasteiger partial charge on any atom is -0.461 e. The zero-order valence-corrected chi connectivity index (χ0v) is 11.1. The lowest BCUT2D eigenvalue weighted by molar-refractivity contribution is 0.00516. The van der Waals surface area contributed by atoms with Gasteiger partial charge in [0.25, 0.3) is 0 Å². The summed E-state index contributed by atoms with van der Waals surface area (Å²) in [5.41, 5.74) is 1.62. The summed E-state index contributed by atoms with van der Waals surface area (Å²) in [4.78, 5) is 11.9. The lowest BCUT2D eigenvalue weighted by Crippen LogP contribution is -2.26. The molecule has 1 aliphatic heterocycles. The van der Waals surface area contributed by atoms with Gasteiger partial charge in [-0.15, -0.1) is 0 Å². The van der Waals surface area contributed by atoms with Gasteiger partial charge in [0.2, 0.25) is 0 Å². The van der Waals surface area contributed by atoms with E-state index in [2.05, 4.69) is 0 Å². The second-order valence-electron chi connectivity index (χ2n) is 4.71. The monoisotopic (exact) mass is 251 g/mol. The number of hydrogen-bond donors (Lipinski definition) is 0. The van der Waals surface area contributed by atoms with E-state index in [-0.39, 0.29) is 12.1 Å². The van der Waals surface area contributed by atoms with Gasteiger partial charge in [0.05, 0.1) is 12.7 Å². The summed E-state index contributed by atoms with van der Waals surface area (Å²) >= 11 is 0. The van der Waals surface area contributed by atoms with Crippen molar-refractivity contribution in [3.05, 3.63) is 23.5 Å². The minimum absolute atomic E-state index is 0.221. The highest BCUT2D eigenvalue weighted by Gasteiger charge is 2.20. The molecule has 2 heterocycles. The van der Waals surface area contributed by atoms with Crippen molar-refractivity contribution >= 4 is 5.97 Å². The number of carbonyl (C=O) groups is 1. The second kappa shape index (κ2) is 6.05. The van der Waals surface area contributed by atoms with E-state index >= 15 is 0 Å². The van der Waals surface area contributed by atoms with E-state index in [0.717, 1.165) is 31.6 Å². The highest BCUT2D eigenvalue weighted by molar-refractivity contribution is 5.89. The van der Waals surface area contributed by atoms with Crippen LogP contribution in [0.3, 0.4) is 0 Å². The summed E-state index contributed by atoms with van der Waals surface area (Å²) in [5, 5.41) is 0. The Labute approximate surface area is 108 Å². The summed E-state index contributed by atoms with van der Waals surface area (Å²) in [6.45, 7) is 5.74. The highest BCUT2D eigenvalue weighted by Crippen LogP contribution is 2.18. The molecule has 4 nitrogen and oxygen atoms in total. The molecule has 0 N–H and O–H groups in total. The van der Waals surface area contributed by atoms with E-state index in [1.54, 1.807) is 0 Å². The molecule has 0 spiro atoms. The average molecular weight is 251 g/mol.